The number of hydrogen-bond acceptors (Lipinski definition) is 4. The van der Waals surface area contributed by atoms with Crippen LogP contribution >= 0.6 is 22.6 Å². The number of sulfonamides is 1. The van der Waals surface area contributed by atoms with E-state index < -0.39 is 33.8 Å². The Balaban J connectivity index is 2.04. The number of alkyl halides is 3. The molecule has 1 heterocycles. The van der Waals surface area contributed by atoms with E-state index in [0.29, 0.717) is 33.2 Å². The summed E-state index contributed by atoms with van der Waals surface area (Å²) in [5.74, 6) is -5.44. The first kappa shape index (κ1) is 29.2. The van der Waals surface area contributed by atoms with Gasteiger partial charge in [-0.2, -0.15) is 8.78 Å². The predicted molar refractivity (Wildman–Crippen MR) is 158 cm³/mol. The molecule has 0 saturated carbocycles. The minimum atomic E-state index is -4.16. The van der Waals surface area contributed by atoms with Crippen molar-refractivity contribution in [3.8, 4) is 0 Å². The number of benzene rings is 3. The Morgan fingerprint density at radius 2 is 1.59 bits per heavy atom. The zero-order valence-electron chi connectivity index (χ0n) is 21.7. The van der Waals surface area contributed by atoms with Crippen LogP contribution in [0.2, 0.25) is 0 Å². The lowest BCUT2D eigenvalue weighted by Gasteiger charge is -2.38. The molecule has 0 spiro atoms. The van der Waals surface area contributed by atoms with Gasteiger partial charge in [0.25, 0.3) is 10.0 Å². The molecule has 1 atom stereocenters. The van der Waals surface area contributed by atoms with Gasteiger partial charge in [0.15, 0.2) is 0 Å². The Bertz CT molecular complexity index is 1460. The lowest BCUT2D eigenvalue weighted by Crippen LogP contribution is -2.45. The molecule has 1 unspecified atom stereocenters. The number of rotatable bonds is 9. The smallest absolute Gasteiger partial charge is 0.376 e. The first-order valence-corrected chi connectivity index (χ1v) is 15.6. The first-order chi connectivity index (χ1) is 18.5. The van der Waals surface area contributed by atoms with E-state index >= 15 is 8.78 Å². The maximum absolute atomic E-state index is 15.5. The van der Waals surface area contributed by atoms with E-state index in [-0.39, 0.29) is 18.0 Å². The molecule has 0 aromatic heterocycles. The van der Waals surface area contributed by atoms with Crippen LogP contribution in [-0.2, 0) is 19.6 Å². The molecule has 1 aliphatic rings. The standard InChI is InChI=1S/C30H30F2INO4S/c1-3-38-28(35)30(31,32)20-29(2)21-34(39(36,37)23-14-8-5-9-15-23)26-17-11-10-16-24(26)27(25(29)18-19-33)22-12-6-4-7-13-22/h4-17H,3,18-21H2,1-2H3. The molecule has 0 amide bonds. The highest BCUT2D eigenvalue weighted by Gasteiger charge is 2.51. The maximum atomic E-state index is 15.5. The van der Waals surface area contributed by atoms with E-state index in [1.165, 1.54) is 23.4 Å². The van der Waals surface area contributed by atoms with Gasteiger partial charge in [0.2, 0.25) is 0 Å². The van der Waals surface area contributed by atoms with Gasteiger partial charge in [0, 0.05) is 28.4 Å². The van der Waals surface area contributed by atoms with Gasteiger partial charge >= 0.3 is 11.9 Å². The van der Waals surface area contributed by atoms with Gasteiger partial charge < -0.3 is 4.74 Å². The molecule has 5 nitrogen and oxygen atoms in total. The number of para-hydroxylation sites is 1. The molecular weight excluding hydrogens is 635 g/mol. The van der Waals surface area contributed by atoms with Crippen molar-refractivity contribution in [2.45, 2.75) is 37.5 Å². The fraction of sp³-hybridized carbons (Fsp3) is 0.300. The number of nitrogens with zero attached hydrogens (tertiary/aromatic N) is 1. The van der Waals surface area contributed by atoms with Crippen molar-refractivity contribution in [3.05, 3.63) is 102 Å². The summed E-state index contributed by atoms with van der Waals surface area (Å²) in [5, 5.41) is 0. The van der Waals surface area contributed by atoms with Gasteiger partial charge in [-0.05, 0) is 42.7 Å². The molecular formula is C30H30F2INO4S. The summed E-state index contributed by atoms with van der Waals surface area (Å²) in [6.07, 6.45) is -0.482. The van der Waals surface area contributed by atoms with Crippen molar-refractivity contribution in [3.63, 3.8) is 0 Å². The molecule has 0 saturated heterocycles. The SMILES string of the molecule is CCOC(=O)C(F)(F)CC1(C)CN(S(=O)(=O)c2ccccc2)c2ccccc2C(c2ccccc2)=C1CCI. The zero-order valence-corrected chi connectivity index (χ0v) is 24.7. The van der Waals surface area contributed by atoms with Gasteiger partial charge in [-0.15, -0.1) is 0 Å². The zero-order chi connectivity index (χ0) is 28.3. The van der Waals surface area contributed by atoms with Crippen molar-refractivity contribution < 1.29 is 26.7 Å². The molecule has 9 heteroatoms. The van der Waals surface area contributed by atoms with Gasteiger partial charge in [-0.3, -0.25) is 4.31 Å². The predicted octanol–water partition coefficient (Wildman–Crippen LogP) is 7.12. The molecule has 0 radical (unpaired) electrons. The Kier molecular flexibility index (Phi) is 8.80. The number of esters is 1. The van der Waals surface area contributed by atoms with Crippen molar-refractivity contribution >= 4 is 49.8 Å². The molecule has 0 bridgehead atoms. The van der Waals surface area contributed by atoms with Crippen LogP contribution in [0.5, 0.6) is 0 Å². The monoisotopic (exact) mass is 665 g/mol. The highest BCUT2D eigenvalue weighted by molar-refractivity contribution is 14.1. The average molecular weight is 666 g/mol. The largest absolute Gasteiger partial charge is 0.462 e. The molecule has 39 heavy (non-hydrogen) atoms. The number of hydrogen-bond donors (Lipinski definition) is 0. The second kappa shape index (κ2) is 11.8. The Morgan fingerprint density at radius 3 is 2.21 bits per heavy atom. The summed E-state index contributed by atoms with van der Waals surface area (Å²) in [6, 6.07) is 24.4. The average Bonchev–Trinajstić information content (AvgIpc) is 3.03. The van der Waals surface area contributed by atoms with Gasteiger partial charge in [0.05, 0.1) is 17.2 Å². The Labute approximate surface area is 242 Å². The van der Waals surface area contributed by atoms with Crippen LogP contribution in [0.4, 0.5) is 14.5 Å². The molecule has 0 N–H and O–H groups in total. The Morgan fingerprint density at radius 1 is 1.00 bits per heavy atom. The van der Waals surface area contributed by atoms with Crippen LogP contribution in [0.15, 0.2) is 95.4 Å². The number of carbonyl (C=O) groups is 1. The third-order valence-corrected chi connectivity index (χ3v) is 9.20. The molecule has 3 aromatic rings. The second-order valence-electron chi connectivity index (χ2n) is 9.66. The molecule has 206 valence electrons. The fourth-order valence-electron chi connectivity index (χ4n) is 5.22. The number of anilines is 1. The van der Waals surface area contributed by atoms with Gasteiger partial charge in [-0.1, -0.05) is 102 Å². The number of ether oxygens (including phenoxy) is 1. The van der Waals surface area contributed by atoms with Crippen molar-refractivity contribution in [2.24, 2.45) is 5.41 Å². The van der Waals surface area contributed by atoms with Crippen LogP contribution in [0.1, 0.15) is 37.8 Å². The van der Waals surface area contributed by atoms with Crippen molar-refractivity contribution in [1.82, 2.24) is 0 Å². The van der Waals surface area contributed by atoms with Gasteiger partial charge in [-0.25, -0.2) is 13.2 Å². The second-order valence-corrected chi connectivity index (χ2v) is 12.6. The third-order valence-electron chi connectivity index (χ3n) is 6.89. The molecule has 3 aromatic carbocycles. The third kappa shape index (κ3) is 5.89. The van der Waals surface area contributed by atoms with Crippen LogP contribution in [-0.4, -0.2) is 37.9 Å². The van der Waals surface area contributed by atoms with E-state index in [4.69, 9.17) is 4.74 Å². The summed E-state index contributed by atoms with van der Waals surface area (Å²) in [4.78, 5) is 12.4. The highest BCUT2D eigenvalue weighted by Crippen LogP contribution is 2.51. The quantitative estimate of drug-likeness (QED) is 0.139. The van der Waals surface area contributed by atoms with Crippen LogP contribution in [0.3, 0.4) is 0 Å². The van der Waals surface area contributed by atoms with Crippen molar-refractivity contribution in [1.29, 1.82) is 0 Å². The Hall–Kier alpha value is -2.79. The minimum absolute atomic E-state index is 0.0536. The molecule has 1 aliphatic heterocycles. The van der Waals surface area contributed by atoms with Crippen molar-refractivity contribution in [2.75, 3.05) is 21.9 Å². The van der Waals surface area contributed by atoms with Crippen LogP contribution < -0.4 is 4.31 Å². The number of carbonyl (C=O) groups excluding carboxylic acids is 1. The highest BCUT2D eigenvalue weighted by atomic mass is 127. The summed E-state index contributed by atoms with van der Waals surface area (Å²) in [7, 11) is -4.16. The van der Waals surface area contributed by atoms with Crippen LogP contribution in [0.25, 0.3) is 5.57 Å². The molecule has 4 rings (SSSR count). The first-order valence-electron chi connectivity index (χ1n) is 12.6. The molecule has 0 aliphatic carbocycles. The lowest BCUT2D eigenvalue weighted by molar-refractivity contribution is -0.175. The normalized spacial score (nSPS) is 17.9. The molecule has 0 fully saturated rings. The lowest BCUT2D eigenvalue weighted by atomic mass is 9.72. The van der Waals surface area contributed by atoms with Crippen LogP contribution in [0, 0.1) is 5.41 Å². The topological polar surface area (TPSA) is 63.7 Å². The van der Waals surface area contributed by atoms with E-state index in [0.717, 1.165) is 5.56 Å². The van der Waals surface area contributed by atoms with Gasteiger partial charge in [0.1, 0.15) is 0 Å². The number of fused-ring (bicyclic) bond motifs is 1. The van der Waals surface area contributed by atoms with E-state index in [1.54, 1.807) is 37.3 Å². The van der Waals surface area contributed by atoms with E-state index in [1.807, 2.05) is 42.5 Å². The summed E-state index contributed by atoms with van der Waals surface area (Å²) in [6.45, 7) is 2.64. The minimum Gasteiger partial charge on any atom is -0.462 e. The van der Waals surface area contributed by atoms with E-state index in [2.05, 4.69) is 22.6 Å². The number of halogens is 3. The maximum Gasteiger partial charge on any atom is 0.376 e. The summed E-state index contributed by atoms with van der Waals surface area (Å²) in [5.41, 5.74) is 1.77. The fourth-order valence-corrected chi connectivity index (χ4v) is 7.38. The van der Waals surface area contributed by atoms with E-state index in [9.17, 15) is 13.2 Å². The summed E-state index contributed by atoms with van der Waals surface area (Å²) >= 11 is 2.20. The summed E-state index contributed by atoms with van der Waals surface area (Å²) < 4.78 is 65.8.